The van der Waals surface area contributed by atoms with Crippen LogP contribution in [-0.4, -0.2) is 53.1 Å². The van der Waals surface area contributed by atoms with Crippen LogP contribution in [-0.2, 0) is 0 Å². The standard InChI is InChI=1S/C18H18N2O4/c21-15-6-4-5-14(13-15)17(22)19-9-11-20(12-10-19)18(23)24-16-7-2-1-3-8-16/h1-8,13,21H,9-12H2. The van der Waals surface area contributed by atoms with E-state index < -0.39 is 6.09 Å². The number of ether oxygens (including phenoxy) is 1. The molecule has 2 aromatic rings. The molecule has 0 unspecified atom stereocenters. The highest BCUT2D eigenvalue weighted by Gasteiger charge is 2.26. The number of nitrogens with zero attached hydrogens (tertiary/aromatic N) is 2. The van der Waals surface area contributed by atoms with Crippen molar-refractivity contribution in [2.45, 2.75) is 0 Å². The molecule has 0 radical (unpaired) electrons. The van der Waals surface area contributed by atoms with E-state index in [-0.39, 0.29) is 11.7 Å². The molecule has 1 heterocycles. The van der Waals surface area contributed by atoms with Gasteiger partial charge in [-0.2, -0.15) is 0 Å². The van der Waals surface area contributed by atoms with Gasteiger partial charge in [-0.15, -0.1) is 0 Å². The van der Waals surface area contributed by atoms with Gasteiger partial charge in [-0.05, 0) is 30.3 Å². The number of aromatic hydroxyl groups is 1. The number of para-hydroxylation sites is 1. The predicted octanol–water partition coefficient (Wildman–Crippen LogP) is 2.35. The lowest BCUT2D eigenvalue weighted by atomic mass is 10.1. The first-order valence-electron chi connectivity index (χ1n) is 7.73. The summed E-state index contributed by atoms with van der Waals surface area (Å²) in [6.07, 6.45) is -0.411. The van der Waals surface area contributed by atoms with Gasteiger partial charge in [0.1, 0.15) is 11.5 Å². The quantitative estimate of drug-likeness (QED) is 0.920. The van der Waals surface area contributed by atoms with Crippen LogP contribution in [0.15, 0.2) is 54.6 Å². The molecular weight excluding hydrogens is 308 g/mol. The summed E-state index contributed by atoms with van der Waals surface area (Å²) in [4.78, 5) is 27.8. The van der Waals surface area contributed by atoms with Crippen molar-refractivity contribution in [1.82, 2.24) is 9.80 Å². The Hall–Kier alpha value is -3.02. The zero-order valence-electron chi connectivity index (χ0n) is 13.1. The Kier molecular flexibility index (Phi) is 4.65. The van der Waals surface area contributed by atoms with E-state index in [0.717, 1.165) is 0 Å². The molecule has 2 aromatic carbocycles. The number of phenolic OH excluding ortho intramolecular Hbond substituents is 1. The van der Waals surface area contributed by atoms with Crippen LogP contribution in [0, 0.1) is 0 Å². The van der Waals surface area contributed by atoms with Gasteiger partial charge in [0.15, 0.2) is 0 Å². The summed E-state index contributed by atoms with van der Waals surface area (Å²) < 4.78 is 5.30. The highest BCUT2D eigenvalue weighted by Crippen LogP contribution is 2.15. The lowest BCUT2D eigenvalue weighted by Crippen LogP contribution is -2.51. The Bertz CT molecular complexity index is 725. The first-order valence-corrected chi connectivity index (χ1v) is 7.73. The lowest BCUT2D eigenvalue weighted by Gasteiger charge is -2.34. The fraction of sp³-hybridized carbons (Fsp3) is 0.222. The molecule has 6 heteroatoms. The minimum Gasteiger partial charge on any atom is -0.508 e. The van der Waals surface area contributed by atoms with E-state index in [0.29, 0.717) is 37.5 Å². The molecule has 1 fully saturated rings. The van der Waals surface area contributed by atoms with Crippen LogP contribution in [0.3, 0.4) is 0 Å². The highest BCUT2D eigenvalue weighted by atomic mass is 16.6. The summed E-state index contributed by atoms with van der Waals surface area (Å²) in [5, 5.41) is 9.48. The SMILES string of the molecule is O=C(Oc1ccccc1)N1CCN(C(=O)c2cccc(O)c2)CC1. The number of amides is 2. The van der Waals surface area contributed by atoms with E-state index in [1.807, 2.05) is 6.07 Å². The molecular formula is C18H18N2O4. The number of piperazine rings is 1. The Morgan fingerprint density at radius 2 is 1.54 bits per heavy atom. The van der Waals surface area contributed by atoms with Gasteiger partial charge in [0.25, 0.3) is 5.91 Å². The second-order valence-corrected chi connectivity index (χ2v) is 5.51. The van der Waals surface area contributed by atoms with Gasteiger partial charge in [-0.25, -0.2) is 4.79 Å². The second-order valence-electron chi connectivity index (χ2n) is 5.51. The van der Waals surface area contributed by atoms with Crippen LogP contribution < -0.4 is 4.74 Å². The Balaban J connectivity index is 1.55. The summed E-state index contributed by atoms with van der Waals surface area (Å²) in [5.74, 6) is 0.411. The number of hydrogen-bond acceptors (Lipinski definition) is 4. The van der Waals surface area contributed by atoms with Crippen molar-refractivity contribution in [2.75, 3.05) is 26.2 Å². The van der Waals surface area contributed by atoms with Crippen LogP contribution in [0.5, 0.6) is 11.5 Å². The molecule has 0 saturated carbocycles. The summed E-state index contributed by atoms with van der Waals surface area (Å²) in [6, 6.07) is 15.2. The number of rotatable bonds is 2. The molecule has 0 spiro atoms. The Labute approximate surface area is 139 Å². The highest BCUT2D eigenvalue weighted by molar-refractivity contribution is 5.94. The van der Waals surface area contributed by atoms with Crippen LogP contribution in [0.25, 0.3) is 0 Å². The third-order valence-electron chi connectivity index (χ3n) is 3.87. The second kappa shape index (κ2) is 7.04. The molecule has 1 saturated heterocycles. The largest absolute Gasteiger partial charge is 0.508 e. The van der Waals surface area contributed by atoms with E-state index in [4.69, 9.17) is 4.74 Å². The lowest BCUT2D eigenvalue weighted by molar-refractivity contribution is 0.0633. The monoisotopic (exact) mass is 326 g/mol. The normalized spacial score (nSPS) is 14.3. The van der Waals surface area contributed by atoms with Crippen molar-refractivity contribution < 1.29 is 19.4 Å². The molecule has 24 heavy (non-hydrogen) atoms. The minimum absolute atomic E-state index is 0.0610. The zero-order valence-corrected chi connectivity index (χ0v) is 13.1. The van der Waals surface area contributed by atoms with Gasteiger partial charge < -0.3 is 19.6 Å². The summed E-state index contributed by atoms with van der Waals surface area (Å²) in [6.45, 7) is 1.68. The molecule has 1 aliphatic rings. The Morgan fingerprint density at radius 1 is 0.875 bits per heavy atom. The maximum Gasteiger partial charge on any atom is 0.415 e. The van der Waals surface area contributed by atoms with Gasteiger partial charge in [0, 0.05) is 31.7 Å². The fourth-order valence-corrected chi connectivity index (χ4v) is 2.57. The maximum atomic E-state index is 12.4. The molecule has 3 rings (SSSR count). The fourth-order valence-electron chi connectivity index (χ4n) is 2.57. The van der Waals surface area contributed by atoms with Gasteiger partial charge in [-0.3, -0.25) is 4.79 Å². The van der Waals surface area contributed by atoms with Crippen molar-refractivity contribution in [3.63, 3.8) is 0 Å². The van der Waals surface area contributed by atoms with E-state index in [2.05, 4.69) is 0 Å². The Morgan fingerprint density at radius 3 is 2.21 bits per heavy atom. The third kappa shape index (κ3) is 3.65. The topological polar surface area (TPSA) is 70.1 Å². The molecule has 0 bridgehead atoms. The summed E-state index contributed by atoms with van der Waals surface area (Å²) in [7, 11) is 0. The van der Waals surface area contributed by atoms with Gasteiger partial charge in [-0.1, -0.05) is 24.3 Å². The van der Waals surface area contributed by atoms with Crippen molar-refractivity contribution in [1.29, 1.82) is 0 Å². The molecule has 0 aliphatic carbocycles. The number of hydrogen-bond donors (Lipinski definition) is 1. The predicted molar refractivity (Wildman–Crippen MR) is 88.0 cm³/mol. The zero-order chi connectivity index (χ0) is 16.9. The number of phenols is 1. The number of carbonyl (C=O) groups excluding carboxylic acids is 2. The summed E-state index contributed by atoms with van der Waals surface area (Å²) >= 11 is 0. The van der Waals surface area contributed by atoms with Gasteiger partial charge in [0.05, 0.1) is 0 Å². The minimum atomic E-state index is -0.411. The molecule has 0 atom stereocenters. The van der Waals surface area contributed by atoms with E-state index in [9.17, 15) is 14.7 Å². The van der Waals surface area contributed by atoms with E-state index >= 15 is 0 Å². The smallest absolute Gasteiger partial charge is 0.415 e. The third-order valence-corrected chi connectivity index (χ3v) is 3.87. The molecule has 1 N–H and O–H groups in total. The van der Waals surface area contributed by atoms with Crippen molar-refractivity contribution in [2.24, 2.45) is 0 Å². The first kappa shape index (κ1) is 15.9. The van der Waals surface area contributed by atoms with Gasteiger partial charge in [0.2, 0.25) is 0 Å². The number of carbonyl (C=O) groups is 2. The van der Waals surface area contributed by atoms with Gasteiger partial charge >= 0.3 is 6.09 Å². The molecule has 2 amide bonds. The molecule has 124 valence electrons. The van der Waals surface area contributed by atoms with E-state index in [1.165, 1.54) is 12.1 Å². The van der Waals surface area contributed by atoms with Crippen molar-refractivity contribution >= 4 is 12.0 Å². The van der Waals surface area contributed by atoms with Crippen LogP contribution in [0.1, 0.15) is 10.4 Å². The maximum absolute atomic E-state index is 12.4. The summed E-state index contributed by atoms with van der Waals surface area (Å²) in [5.41, 5.74) is 0.440. The average Bonchev–Trinajstić information content (AvgIpc) is 2.62. The molecule has 0 aromatic heterocycles. The van der Waals surface area contributed by atoms with Crippen LogP contribution in [0.4, 0.5) is 4.79 Å². The van der Waals surface area contributed by atoms with Crippen LogP contribution in [0.2, 0.25) is 0 Å². The average molecular weight is 326 g/mol. The van der Waals surface area contributed by atoms with Crippen LogP contribution >= 0.6 is 0 Å². The van der Waals surface area contributed by atoms with Crippen molar-refractivity contribution in [3.8, 4) is 11.5 Å². The number of benzene rings is 2. The van der Waals surface area contributed by atoms with Crippen molar-refractivity contribution in [3.05, 3.63) is 60.2 Å². The molecule has 6 nitrogen and oxygen atoms in total. The first-order chi connectivity index (χ1) is 11.6. The molecule has 1 aliphatic heterocycles. The van der Waals surface area contributed by atoms with E-state index in [1.54, 1.807) is 46.2 Å².